The summed E-state index contributed by atoms with van der Waals surface area (Å²) in [6.45, 7) is 14.1. The lowest BCUT2D eigenvalue weighted by atomic mass is 9.95. The molecule has 0 aliphatic carbocycles. The van der Waals surface area contributed by atoms with E-state index in [1.807, 2.05) is 4.90 Å². The van der Waals surface area contributed by atoms with Gasteiger partial charge in [-0.3, -0.25) is 9.69 Å². The highest BCUT2D eigenvalue weighted by molar-refractivity contribution is 5.79. The number of amides is 1. The second-order valence-electron chi connectivity index (χ2n) is 6.58. The van der Waals surface area contributed by atoms with E-state index in [4.69, 9.17) is 5.73 Å². The highest BCUT2D eigenvalue weighted by atomic mass is 16.2. The van der Waals surface area contributed by atoms with Crippen LogP contribution in [-0.4, -0.2) is 55.0 Å². The molecule has 1 aliphatic rings. The van der Waals surface area contributed by atoms with Crippen LogP contribution in [0.15, 0.2) is 0 Å². The van der Waals surface area contributed by atoms with Crippen LogP contribution in [0.25, 0.3) is 0 Å². The first-order valence-corrected chi connectivity index (χ1v) is 7.65. The molecule has 0 radical (unpaired) electrons. The molecule has 1 rings (SSSR count). The molecule has 0 aromatic carbocycles. The van der Waals surface area contributed by atoms with E-state index in [-0.39, 0.29) is 11.8 Å². The van der Waals surface area contributed by atoms with Gasteiger partial charge in [-0.1, -0.05) is 27.7 Å². The van der Waals surface area contributed by atoms with E-state index < -0.39 is 0 Å². The third kappa shape index (κ3) is 5.49. The van der Waals surface area contributed by atoms with Gasteiger partial charge in [0.1, 0.15) is 0 Å². The maximum atomic E-state index is 12.4. The largest absolute Gasteiger partial charge is 0.340 e. The van der Waals surface area contributed by atoms with E-state index >= 15 is 0 Å². The number of hydrogen-bond donors (Lipinski definition) is 1. The number of rotatable bonds is 6. The first kappa shape index (κ1) is 16.4. The van der Waals surface area contributed by atoms with Gasteiger partial charge in [-0.15, -0.1) is 0 Å². The average Bonchev–Trinajstić information content (AvgIpc) is 2.35. The van der Waals surface area contributed by atoms with Gasteiger partial charge >= 0.3 is 0 Å². The van der Waals surface area contributed by atoms with E-state index in [0.29, 0.717) is 18.4 Å². The van der Waals surface area contributed by atoms with Crippen molar-refractivity contribution in [2.75, 3.05) is 39.3 Å². The molecule has 4 nitrogen and oxygen atoms in total. The Morgan fingerprint density at radius 1 is 1.05 bits per heavy atom. The summed E-state index contributed by atoms with van der Waals surface area (Å²) in [5.41, 5.74) is 5.76. The Bertz CT molecular complexity index is 271. The van der Waals surface area contributed by atoms with Crippen molar-refractivity contribution in [3.05, 3.63) is 0 Å². The fourth-order valence-electron chi connectivity index (χ4n) is 2.79. The van der Waals surface area contributed by atoms with E-state index in [1.165, 1.54) is 0 Å². The number of carbonyl (C=O) groups is 1. The molecule has 0 saturated carbocycles. The molecule has 4 heteroatoms. The summed E-state index contributed by atoms with van der Waals surface area (Å²) in [5, 5.41) is 0. The number of hydrogen-bond acceptors (Lipinski definition) is 3. The smallest absolute Gasteiger partial charge is 0.227 e. The van der Waals surface area contributed by atoms with Crippen LogP contribution in [0.4, 0.5) is 0 Å². The summed E-state index contributed by atoms with van der Waals surface area (Å²) in [6, 6.07) is 0. The van der Waals surface area contributed by atoms with Gasteiger partial charge in [0.2, 0.25) is 5.91 Å². The summed E-state index contributed by atoms with van der Waals surface area (Å²) >= 11 is 0. The predicted octanol–water partition coefficient (Wildman–Crippen LogP) is 1.41. The summed E-state index contributed by atoms with van der Waals surface area (Å²) in [4.78, 5) is 16.9. The van der Waals surface area contributed by atoms with Crippen LogP contribution in [-0.2, 0) is 4.79 Å². The SMILES string of the molecule is CC(C)CC(CN)C(=O)N1CCN(CC(C)C)CC1. The quantitative estimate of drug-likeness (QED) is 0.793. The van der Waals surface area contributed by atoms with E-state index in [1.54, 1.807) is 0 Å². The molecular weight excluding hydrogens is 238 g/mol. The van der Waals surface area contributed by atoms with Gasteiger partial charge in [0.15, 0.2) is 0 Å². The zero-order valence-corrected chi connectivity index (χ0v) is 13.1. The Labute approximate surface area is 118 Å². The second kappa shape index (κ2) is 7.85. The molecule has 1 unspecified atom stereocenters. The standard InChI is InChI=1S/C15H31N3O/c1-12(2)9-14(10-16)15(19)18-7-5-17(6-8-18)11-13(3)4/h12-14H,5-11,16H2,1-4H3. The number of nitrogens with zero attached hydrogens (tertiary/aromatic N) is 2. The monoisotopic (exact) mass is 269 g/mol. The minimum atomic E-state index is 0.0108. The van der Waals surface area contributed by atoms with Crippen molar-refractivity contribution in [1.29, 1.82) is 0 Å². The van der Waals surface area contributed by atoms with Crippen LogP contribution in [0.5, 0.6) is 0 Å². The van der Waals surface area contributed by atoms with Crippen molar-refractivity contribution in [3.63, 3.8) is 0 Å². The Hall–Kier alpha value is -0.610. The summed E-state index contributed by atoms with van der Waals surface area (Å²) in [7, 11) is 0. The Balaban J connectivity index is 2.43. The fourth-order valence-corrected chi connectivity index (χ4v) is 2.79. The minimum Gasteiger partial charge on any atom is -0.340 e. The lowest BCUT2D eigenvalue weighted by Gasteiger charge is -2.37. The molecular formula is C15H31N3O. The molecule has 0 bridgehead atoms. The maximum Gasteiger partial charge on any atom is 0.227 e. The van der Waals surface area contributed by atoms with Crippen LogP contribution in [0.3, 0.4) is 0 Å². The molecule has 112 valence electrons. The first-order valence-electron chi connectivity index (χ1n) is 7.65. The topological polar surface area (TPSA) is 49.6 Å². The van der Waals surface area contributed by atoms with Gasteiger partial charge in [0.05, 0.1) is 5.92 Å². The van der Waals surface area contributed by atoms with Crippen molar-refractivity contribution in [2.45, 2.75) is 34.1 Å². The molecule has 1 aliphatic heterocycles. The van der Waals surface area contributed by atoms with E-state index in [9.17, 15) is 4.79 Å². The van der Waals surface area contributed by atoms with E-state index in [0.717, 1.165) is 39.1 Å². The first-order chi connectivity index (χ1) is 8.93. The lowest BCUT2D eigenvalue weighted by molar-refractivity contribution is -0.137. The molecule has 1 saturated heterocycles. The number of piperazine rings is 1. The molecule has 0 aromatic heterocycles. The third-order valence-electron chi connectivity index (χ3n) is 3.70. The fraction of sp³-hybridized carbons (Fsp3) is 0.933. The Morgan fingerprint density at radius 2 is 1.63 bits per heavy atom. The summed E-state index contributed by atoms with van der Waals surface area (Å²) < 4.78 is 0. The van der Waals surface area contributed by atoms with Crippen molar-refractivity contribution in [2.24, 2.45) is 23.5 Å². The molecule has 1 fully saturated rings. The predicted molar refractivity (Wildman–Crippen MR) is 79.9 cm³/mol. The average molecular weight is 269 g/mol. The highest BCUT2D eigenvalue weighted by Gasteiger charge is 2.27. The van der Waals surface area contributed by atoms with Crippen molar-refractivity contribution >= 4 is 5.91 Å². The van der Waals surface area contributed by atoms with Crippen molar-refractivity contribution in [3.8, 4) is 0 Å². The maximum absolute atomic E-state index is 12.4. The lowest BCUT2D eigenvalue weighted by Crippen LogP contribution is -2.51. The Morgan fingerprint density at radius 3 is 2.05 bits per heavy atom. The van der Waals surface area contributed by atoms with Gasteiger partial charge in [-0.2, -0.15) is 0 Å². The number of nitrogens with two attached hydrogens (primary N) is 1. The summed E-state index contributed by atoms with van der Waals surface area (Å²) in [5.74, 6) is 1.50. The van der Waals surface area contributed by atoms with Crippen molar-refractivity contribution < 1.29 is 4.79 Å². The third-order valence-corrected chi connectivity index (χ3v) is 3.70. The van der Waals surface area contributed by atoms with Crippen LogP contribution in [0.2, 0.25) is 0 Å². The second-order valence-corrected chi connectivity index (χ2v) is 6.58. The van der Waals surface area contributed by atoms with Crippen LogP contribution in [0, 0.1) is 17.8 Å². The zero-order chi connectivity index (χ0) is 14.4. The van der Waals surface area contributed by atoms with E-state index in [2.05, 4.69) is 32.6 Å². The molecule has 1 atom stereocenters. The molecule has 2 N–H and O–H groups in total. The van der Waals surface area contributed by atoms with Gasteiger partial charge in [-0.05, 0) is 18.3 Å². The molecule has 0 spiro atoms. The molecule has 19 heavy (non-hydrogen) atoms. The van der Waals surface area contributed by atoms with Gasteiger partial charge in [-0.25, -0.2) is 0 Å². The molecule has 1 heterocycles. The molecule has 1 amide bonds. The van der Waals surface area contributed by atoms with Crippen LogP contribution in [0.1, 0.15) is 34.1 Å². The van der Waals surface area contributed by atoms with Crippen molar-refractivity contribution in [1.82, 2.24) is 9.80 Å². The highest BCUT2D eigenvalue weighted by Crippen LogP contribution is 2.15. The Kier molecular flexibility index (Phi) is 6.80. The normalized spacial score (nSPS) is 19.2. The zero-order valence-electron chi connectivity index (χ0n) is 13.1. The summed E-state index contributed by atoms with van der Waals surface area (Å²) in [6.07, 6.45) is 0.904. The number of carbonyl (C=O) groups excluding carboxylic acids is 1. The minimum absolute atomic E-state index is 0.0108. The van der Waals surface area contributed by atoms with Gasteiger partial charge in [0.25, 0.3) is 0 Å². The van der Waals surface area contributed by atoms with Crippen LogP contribution < -0.4 is 5.73 Å². The van der Waals surface area contributed by atoms with Crippen LogP contribution >= 0.6 is 0 Å². The molecule has 0 aromatic rings. The van der Waals surface area contributed by atoms with Gasteiger partial charge < -0.3 is 10.6 Å². The van der Waals surface area contributed by atoms with Gasteiger partial charge in [0, 0.05) is 39.3 Å².